The normalized spacial score (nSPS) is 10.4. The Morgan fingerprint density at radius 1 is 1.47 bits per heavy atom. The minimum Gasteiger partial charge on any atom is -0.492 e. The van der Waals surface area contributed by atoms with E-state index in [2.05, 4.69) is 5.32 Å². The van der Waals surface area contributed by atoms with Crippen molar-refractivity contribution in [3.05, 3.63) is 24.3 Å². The zero-order chi connectivity index (χ0) is 12.7. The van der Waals surface area contributed by atoms with Crippen molar-refractivity contribution in [1.29, 1.82) is 0 Å². The summed E-state index contributed by atoms with van der Waals surface area (Å²) in [5.74, 6) is -2.76. The highest BCUT2D eigenvalue weighted by atomic mass is 32.2. The fraction of sp³-hybridized carbons (Fsp3) is 0.364. The van der Waals surface area contributed by atoms with Crippen molar-refractivity contribution in [3.63, 3.8) is 0 Å². The van der Waals surface area contributed by atoms with E-state index in [1.54, 1.807) is 24.3 Å². The molecule has 94 valence electrons. The first-order chi connectivity index (χ1) is 8.13. The number of anilines is 1. The van der Waals surface area contributed by atoms with Crippen LogP contribution in [0.4, 0.5) is 14.5 Å². The first-order valence-electron chi connectivity index (χ1n) is 5.05. The number of carbonyl (C=O) groups is 1. The van der Waals surface area contributed by atoms with Gasteiger partial charge in [0.25, 0.3) is 5.76 Å². The van der Waals surface area contributed by atoms with Crippen LogP contribution in [0.15, 0.2) is 24.3 Å². The number of hydrogen-bond acceptors (Lipinski definition) is 3. The quantitative estimate of drug-likeness (QED) is 0.855. The summed E-state index contributed by atoms with van der Waals surface area (Å²) in [4.78, 5) is 11.4. The molecule has 1 aromatic carbocycles. The number of amides is 1. The average Bonchev–Trinajstić information content (AvgIpc) is 2.29. The van der Waals surface area contributed by atoms with E-state index >= 15 is 0 Å². The Bertz CT molecular complexity index is 374. The van der Waals surface area contributed by atoms with Gasteiger partial charge in [-0.05, 0) is 19.1 Å². The molecule has 0 saturated heterocycles. The topological polar surface area (TPSA) is 38.3 Å². The van der Waals surface area contributed by atoms with Gasteiger partial charge in [-0.2, -0.15) is 8.78 Å². The van der Waals surface area contributed by atoms with Crippen molar-refractivity contribution in [2.75, 3.05) is 17.7 Å². The summed E-state index contributed by atoms with van der Waals surface area (Å²) in [6.45, 7) is 2.30. The fourth-order valence-electron chi connectivity index (χ4n) is 1.18. The van der Waals surface area contributed by atoms with Crippen molar-refractivity contribution >= 4 is 23.4 Å². The van der Waals surface area contributed by atoms with Gasteiger partial charge in [0, 0.05) is 0 Å². The lowest BCUT2D eigenvalue weighted by molar-refractivity contribution is -0.113. The summed E-state index contributed by atoms with van der Waals surface area (Å²) in [6.07, 6.45) is 0. The van der Waals surface area contributed by atoms with Gasteiger partial charge >= 0.3 is 0 Å². The van der Waals surface area contributed by atoms with Crippen molar-refractivity contribution in [2.24, 2.45) is 0 Å². The van der Waals surface area contributed by atoms with E-state index in [1.807, 2.05) is 6.92 Å². The third-order valence-electron chi connectivity index (χ3n) is 1.80. The third kappa shape index (κ3) is 5.04. The van der Waals surface area contributed by atoms with Crippen LogP contribution in [-0.2, 0) is 4.79 Å². The molecule has 0 aliphatic rings. The van der Waals surface area contributed by atoms with Crippen LogP contribution in [0.1, 0.15) is 6.92 Å². The second-order valence-electron chi connectivity index (χ2n) is 3.05. The third-order valence-corrected chi connectivity index (χ3v) is 2.48. The number of nitrogens with one attached hydrogen (secondary N) is 1. The van der Waals surface area contributed by atoms with Crippen molar-refractivity contribution in [1.82, 2.24) is 0 Å². The monoisotopic (exact) mass is 261 g/mol. The highest BCUT2D eigenvalue weighted by Crippen LogP contribution is 2.24. The fourth-order valence-corrected chi connectivity index (χ4v) is 1.53. The maximum Gasteiger partial charge on any atom is 0.285 e. The summed E-state index contributed by atoms with van der Waals surface area (Å²) in [7, 11) is 0. The molecule has 17 heavy (non-hydrogen) atoms. The maximum absolute atomic E-state index is 11.9. The zero-order valence-corrected chi connectivity index (χ0v) is 10.1. The van der Waals surface area contributed by atoms with Gasteiger partial charge < -0.3 is 10.1 Å². The number of thioether (sulfide) groups is 1. The van der Waals surface area contributed by atoms with Gasteiger partial charge in [0.05, 0.1) is 18.0 Å². The Labute approximate surface area is 103 Å². The van der Waals surface area contributed by atoms with Crippen LogP contribution in [0.5, 0.6) is 5.75 Å². The van der Waals surface area contributed by atoms with Crippen molar-refractivity contribution in [2.45, 2.75) is 12.7 Å². The molecular weight excluding hydrogens is 248 g/mol. The molecule has 0 saturated carbocycles. The summed E-state index contributed by atoms with van der Waals surface area (Å²) in [5, 5.41) is 2.53. The molecule has 6 heteroatoms. The molecule has 0 radical (unpaired) electrons. The molecular formula is C11H13F2NO2S. The predicted octanol–water partition coefficient (Wildman–Crippen LogP) is 2.98. The van der Waals surface area contributed by atoms with Gasteiger partial charge in [0.2, 0.25) is 5.91 Å². The Morgan fingerprint density at radius 3 is 2.82 bits per heavy atom. The number of ether oxygens (including phenoxy) is 1. The lowest BCUT2D eigenvalue weighted by Gasteiger charge is -2.10. The molecule has 0 spiro atoms. The molecule has 0 fully saturated rings. The molecule has 0 bridgehead atoms. The second kappa shape index (κ2) is 7.11. The molecule has 1 N–H and O–H groups in total. The van der Waals surface area contributed by atoms with Crippen molar-refractivity contribution < 1.29 is 18.3 Å². The average molecular weight is 261 g/mol. The van der Waals surface area contributed by atoms with Crippen LogP contribution < -0.4 is 10.1 Å². The number of rotatable bonds is 6. The highest BCUT2D eigenvalue weighted by molar-refractivity contribution is 8.00. The molecule has 0 aromatic heterocycles. The Kier molecular flexibility index (Phi) is 5.76. The lowest BCUT2D eigenvalue weighted by Crippen LogP contribution is -2.15. The van der Waals surface area contributed by atoms with E-state index in [4.69, 9.17) is 4.74 Å². The SMILES string of the molecule is CCOc1ccccc1NC(=O)CSC(F)F. The van der Waals surface area contributed by atoms with Crippen LogP contribution in [-0.4, -0.2) is 24.0 Å². The molecule has 1 amide bonds. The summed E-state index contributed by atoms with van der Waals surface area (Å²) >= 11 is 0.292. The van der Waals surface area contributed by atoms with Gasteiger partial charge in [-0.15, -0.1) is 0 Å². The lowest BCUT2D eigenvalue weighted by atomic mass is 10.3. The van der Waals surface area contributed by atoms with E-state index < -0.39 is 11.7 Å². The first kappa shape index (κ1) is 13.8. The number of para-hydroxylation sites is 2. The zero-order valence-electron chi connectivity index (χ0n) is 9.28. The van der Waals surface area contributed by atoms with Crippen LogP contribution in [0, 0.1) is 0 Å². The standard InChI is InChI=1S/C11H13F2NO2S/c1-2-16-9-6-4-3-5-8(9)14-10(15)7-17-11(12)13/h3-6,11H,2,7H2,1H3,(H,14,15). The number of alkyl halides is 2. The van der Waals surface area contributed by atoms with Crippen LogP contribution in [0.25, 0.3) is 0 Å². The van der Waals surface area contributed by atoms with Crippen LogP contribution in [0.3, 0.4) is 0 Å². The molecule has 0 unspecified atom stereocenters. The number of carbonyl (C=O) groups excluding carboxylic acids is 1. The van der Waals surface area contributed by atoms with E-state index in [0.29, 0.717) is 29.8 Å². The molecule has 0 aliphatic carbocycles. The summed E-state index contributed by atoms with van der Waals surface area (Å²) in [5.41, 5.74) is 0.495. The van der Waals surface area contributed by atoms with E-state index in [9.17, 15) is 13.6 Å². The Hall–Kier alpha value is -1.30. The molecule has 1 aromatic rings. The van der Waals surface area contributed by atoms with Gasteiger partial charge in [0.15, 0.2) is 0 Å². The molecule has 0 atom stereocenters. The van der Waals surface area contributed by atoms with Gasteiger partial charge in [-0.3, -0.25) is 4.79 Å². The maximum atomic E-state index is 11.9. The largest absolute Gasteiger partial charge is 0.492 e. The number of hydrogen-bond donors (Lipinski definition) is 1. The summed E-state index contributed by atoms with van der Waals surface area (Å²) in [6, 6.07) is 6.88. The highest BCUT2D eigenvalue weighted by Gasteiger charge is 2.10. The summed E-state index contributed by atoms with van der Waals surface area (Å²) < 4.78 is 29.1. The van der Waals surface area contributed by atoms with Crippen LogP contribution in [0.2, 0.25) is 0 Å². The second-order valence-corrected chi connectivity index (χ2v) is 4.03. The molecule has 0 aliphatic heterocycles. The molecule has 1 rings (SSSR count). The Morgan fingerprint density at radius 2 is 2.18 bits per heavy atom. The van der Waals surface area contributed by atoms with Gasteiger partial charge in [-0.1, -0.05) is 23.9 Å². The minimum absolute atomic E-state index is 0.280. The van der Waals surface area contributed by atoms with Gasteiger partial charge in [-0.25, -0.2) is 0 Å². The smallest absolute Gasteiger partial charge is 0.285 e. The number of halogens is 2. The van der Waals surface area contributed by atoms with Gasteiger partial charge in [0.1, 0.15) is 5.75 Å². The Balaban J connectivity index is 2.58. The van der Waals surface area contributed by atoms with E-state index in [0.717, 1.165) is 0 Å². The van der Waals surface area contributed by atoms with Crippen molar-refractivity contribution in [3.8, 4) is 5.75 Å². The molecule has 0 heterocycles. The minimum atomic E-state index is -2.54. The molecule has 3 nitrogen and oxygen atoms in total. The predicted molar refractivity (Wildman–Crippen MR) is 64.7 cm³/mol. The number of benzene rings is 1. The van der Waals surface area contributed by atoms with Crippen LogP contribution >= 0.6 is 11.8 Å². The van der Waals surface area contributed by atoms with E-state index in [1.165, 1.54) is 0 Å². The first-order valence-corrected chi connectivity index (χ1v) is 6.09. The van der Waals surface area contributed by atoms with E-state index in [-0.39, 0.29) is 5.75 Å².